The lowest BCUT2D eigenvalue weighted by Crippen LogP contribution is -2.27. The number of sulfonamides is 1. The molecule has 0 saturated heterocycles. The van der Waals surface area contributed by atoms with E-state index in [1.165, 1.54) is 18.9 Å². The van der Waals surface area contributed by atoms with Gasteiger partial charge in [-0.1, -0.05) is 0 Å². The van der Waals surface area contributed by atoms with Gasteiger partial charge in [-0.15, -0.1) is 0 Å². The molecule has 6 nitrogen and oxygen atoms in total. The molecule has 0 aromatic heterocycles. The molecule has 1 aromatic rings. The van der Waals surface area contributed by atoms with E-state index in [1.807, 2.05) is 0 Å². The van der Waals surface area contributed by atoms with Gasteiger partial charge in [-0.05, 0) is 49.3 Å². The van der Waals surface area contributed by atoms with Gasteiger partial charge in [-0.3, -0.25) is 4.79 Å². The second-order valence-electron chi connectivity index (χ2n) is 6.26. The molecule has 0 radical (unpaired) electrons. The molecule has 1 heterocycles. The summed E-state index contributed by atoms with van der Waals surface area (Å²) in [6, 6.07) is 2.37. The van der Waals surface area contributed by atoms with Gasteiger partial charge in [0, 0.05) is 31.9 Å². The van der Waals surface area contributed by atoms with Gasteiger partial charge in [0.2, 0.25) is 15.9 Å². The molecule has 1 aliphatic heterocycles. The Morgan fingerprint density at radius 2 is 2.08 bits per heavy atom. The fourth-order valence-corrected chi connectivity index (χ4v) is 3.76. The number of amides is 1. The van der Waals surface area contributed by atoms with Gasteiger partial charge in [0.1, 0.15) is 10.7 Å². The molecule has 24 heavy (non-hydrogen) atoms. The van der Waals surface area contributed by atoms with Crippen molar-refractivity contribution in [3.05, 3.63) is 23.5 Å². The highest BCUT2D eigenvalue weighted by Crippen LogP contribution is 2.29. The highest BCUT2D eigenvalue weighted by molar-refractivity contribution is 7.89. The Bertz CT molecular complexity index is 732. The highest BCUT2D eigenvalue weighted by atomic mass is 32.2. The average molecular weight is 356 g/mol. The molecule has 1 amide bonds. The summed E-state index contributed by atoms with van der Waals surface area (Å²) >= 11 is 0. The Balaban J connectivity index is 1.58. The lowest BCUT2D eigenvalue weighted by atomic mass is 10.0. The van der Waals surface area contributed by atoms with E-state index in [-0.39, 0.29) is 23.8 Å². The van der Waals surface area contributed by atoms with Crippen molar-refractivity contribution < 1.29 is 22.3 Å². The van der Waals surface area contributed by atoms with E-state index in [4.69, 9.17) is 4.74 Å². The zero-order valence-corrected chi connectivity index (χ0v) is 14.1. The fourth-order valence-electron chi connectivity index (χ4n) is 2.58. The number of carbonyl (C=O) groups excluding carboxylic acids is 1. The minimum absolute atomic E-state index is 0.193. The summed E-state index contributed by atoms with van der Waals surface area (Å²) in [6.45, 7) is 1.41. The predicted molar refractivity (Wildman–Crippen MR) is 86.7 cm³/mol. The largest absolute Gasteiger partial charge is 0.381 e. The van der Waals surface area contributed by atoms with E-state index in [0.717, 1.165) is 12.7 Å². The summed E-state index contributed by atoms with van der Waals surface area (Å²) in [6.07, 6.45) is 3.63. The molecule has 0 atom stereocenters. The van der Waals surface area contributed by atoms with Crippen LogP contribution in [0.25, 0.3) is 0 Å². The number of aryl methyl sites for hydroxylation is 1. The number of halogens is 1. The number of ether oxygens (including phenoxy) is 1. The molecule has 2 N–H and O–H groups in total. The van der Waals surface area contributed by atoms with Gasteiger partial charge in [0.05, 0.1) is 0 Å². The normalized spacial score (nSPS) is 17.5. The first-order chi connectivity index (χ1) is 11.5. The highest BCUT2D eigenvalue weighted by Gasteiger charge is 2.24. The predicted octanol–water partition coefficient (Wildman–Crippen LogP) is 1.81. The SMILES string of the molecule is O=C1CCc2cc(S(=O)(=O)NCCCOCC3CC3)c(F)cc2N1. The number of carbonyl (C=O) groups is 1. The van der Waals surface area contributed by atoms with Crippen LogP contribution >= 0.6 is 0 Å². The van der Waals surface area contributed by atoms with Crippen LogP contribution in [0.2, 0.25) is 0 Å². The van der Waals surface area contributed by atoms with E-state index < -0.39 is 15.8 Å². The number of rotatable bonds is 8. The van der Waals surface area contributed by atoms with Crippen LogP contribution in [0.5, 0.6) is 0 Å². The van der Waals surface area contributed by atoms with E-state index in [1.54, 1.807) is 0 Å². The van der Waals surface area contributed by atoms with Crippen LogP contribution in [-0.2, 0) is 26.0 Å². The third kappa shape index (κ3) is 4.31. The molecule has 8 heteroatoms. The Labute approximate surface area is 140 Å². The third-order valence-corrected chi connectivity index (χ3v) is 5.63. The molecule has 2 aliphatic rings. The van der Waals surface area contributed by atoms with Gasteiger partial charge in [0.15, 0.2) is 0 Å². The summed E-state index contributed by atoms with van der Waals surface area (Å²) in [7, 11) is -3.92. The lowest BCUT2D eigenvalue weighted by molar-refractivity contribution is -0.116. The maximum absolute atomic E-state index is 14.1. The van der Waals surface area contributed by atoms with Crippen LogP contribution in [0, 0.1) is 11.7 Å². The average Bonchev–Trinajstić information content (AvgIpc) is 3.34. The molecular formula is C16H21FN2O4S. The number of nitrogens with one attached hydrogen (secondary N) is 2. The Morgan fingerprint density at radius 3 is 2.83 bits per heavy atom. The second kappa shape index (κ2) is 7.16. The summed E-state index contributed by atoms with van der Waals surface area (Å²) in [5.41, 5.74) is 0.973. The Morgan fingerprint density at radius 1 is 1.29 bits per heavy atom. The van der Waals surface area contributed by atoms with Crippen molar-refractivity contribution in [2.45, 2.75) is 37.0 Å². The molecule has 0 bridgehead atoms. The molecule has 0 unspecified atom stereocenters. The summed E-state index contributed by atoms with van der Waals surface area (Å²) in [5, 5.41) is 2.55. The van der Waals surface area contributed by atoms with E-state index >= 15 is 0 Å². The molecule has 1 saturated carbocycles. The molecule has 3 rings (SSSR count). The minimum atomic E-state index is -3.92. The van der Waals surface area contributed by atoms with Gasteiger partial charge < -0.3 is 10.1 Å². The Kier molecular flexibility index (Phi) is 5.17. The summed E-state index contributed by atoms with van der Waals surface area (Å²) in [4.78, 5) is 10.9. The van der Waals surface area contributed by atoms with Gasteiger partial charge >= 0.3 is 0 Å². The number of benzene rings is 1. The monoisotopic (exact) mass is 356 g/mol. The molecule has 1 aromatic carbocycles. The molecule has 0 spiro atoms. The molecule has 1 aliphatic carbocycles. The van der Waals surface area contributed by atoms with Crippen molar-refractivity contribution in [3.63, 3.8) is 0 Å². The first-order valence-corrected chi connectivity index (χ1v) is 9.64. The van der Waals surface area contributed by atoms with Crippen LogP contribution in [0.4, 0.5) is 10.1 Å². The number of anilines is 1. The smallest absolute Gasteiger partial charge is 0.243 e. The van der Waals surface area contributed by atoms with Crippen molar-refractivity contribution in [3.8, 4) is 0 Å². The van der Waals surface area contributed by atoms with Crippen LogP contribution in [0.1, 0.15) is 31.2 Å². The van der Waals surface area contributed by atoms with Crippen LogP contribution in [0.3, 0.4) is 0 Å². The number of hydrogen-bond donors (Lipinski definition) is 2. The number of fused-ring (bicyclic) bond motifs is 1. The van der Waals surface area contributed by atoms with E-state index in [2.05, 4.69) is 10.0 Å². The standard InChI is InChI=1S/C16H21FN2O4S/c17-13-9-14-12(4-5-16(20)19-14)8-15(13)24(21,22)18-6-1-7-23-10-11-2-3-11/h8-9,11,18H,1-7,10H2,(H,19,20). The Hall–Kier alpha value is -1.51. The first kappa shape index (κ1) is 17.3. The maximum atomic E-state index is 14.1. The van der Waals surface area contributed by atoms with E-state index in [9.17, 15) is 17.6 Å². The van der Waals surface area contributed by atoms with Crippen LogP contribution in [-0.4, -0.2) is 34.1 Å². The zero-order chi connectivity index (χ0) is 17.2. The lowest BCUT2D eigenvalue weighted by Gasteiger charge is -2.18. The van der Waals surface area contributed by atoms with Crippen molar-refractivity contribution in [2.24, 2.45) is 5.92 Å². The van der Waals surface area contributed by atoms with Gasteiger partial charge in [0.25, 0.3) is 0 Å². The zero-order valence-electron chi connectivity index (χ0n) is 13.3. The van der Waals surface area contributed by atoms with Crippen LogP contribution in [0.15, 0.2) is 17.0 Å². The maximum Gasteiger partial charge on any atom is 0.243 e. The first-order valence-electron chi connectivity index (χ1n) is 8.15. The van der Waals surface area contributed by atoms with Crippen molar-refractivity contribution in [1.82, 2.24) is 4.72 Å². The molecule has 1 fully saturated rings. The quantitative estimate of drug-likeness (QED) is 0.696. The fraction of sp³-hybridized carbons (Fsp3) is 0.562. The van der Waals surface area contributed by atoms with Crippen molar-refractivity contribution >= 4 is 21.6 Å². The van der Waals surface area contributed by atoms with E-state index in [0.29, 0.717) is 36.6 Å². The van der Waals surface area contributed by atoms with Gasteiger partial charge in [-0.2, -0.15) is 0 Å². The molecule has 132 valence electrons. The van der Waals surface area contributed by atoms with Crippen molar-refractivity contribution in [2.75, 3.05) is 25.1 Å². The third-order valence-electron chi connectivity index (χ3n) is 4.15. The molecular weight excluding hydrogens is 335 g/mol. The summed E-state index contributed by atoms with van der Waals surface area (Å²) < 4.78 is 46.5. The van der Waals surface area contributed by atoms with Gasteiger partial charge in [-0.25, -0.2) is 17.5 Å². The topological polar surface area (TPSA) is 84.5 Å². The minimum Gasteiger partial charge on any atom is -0.381 e. The number of hydrogen-bond acceptors (Lipinski definition) is 4. The second-order valence-corrected chi connectivity index (χ2v) is 7.99. The summed E-state index contributed by atoms with van der Waals surface area (Å²) in [5.74, 6) is -0.387. The van der Waals surface area contributed by atoms with Crippen LogP contribution < -0.4 is 10.0 Å². The van der Waals surface area contributed by atoms with Crippen molar-refractivity contribution in [1.29, 1.82) is 0 Å².